The Morgan fingerprint density at radius 2 is 2.06 bits per heavy atom. The third-order valence-corrected chi connectivity index (χ3v) is 5.02. The molecule has 0 unspecified atom stereocenters. The Balaban J connectivity index is 1.60. The highest BCUT2D eigenvalue weighted by molar-refractivity contribution is 6.07. The molecule has 1 aliphatic heterocycles. The Bertz CT molecular complexity index is 1070. The number of nitrogens with one attached hydrogen (secondary N) is 2. The van der Waals surface area contributed by atoms with Crippen LogP contribution in [0.4, 0.5) is 17.2 Å². The second-order valence-corrected chi connectivity index (χ2v) is 7.17. The number of pyridine rings is 1. The van der Waals surface area contributed by atoms with Crippen LogP contribution in [0.3, 0.4) is 0 Å². The van der Waals surface area contributed by atoms with Gasteiger partial charge in [-0.05, 0) is 17.7 Å². The molecule has 31 heavy (non-hydrogen) atoms. The van der Waals surface area contributed by atoms with Crippen LogP contribution in [0.25, 0.3) is 11.3 Å². The summed E-state index contributed by atoms with van der Waals surface area (Å²) < 4.78 is 5.42. The molecule has 9 nitrogen and oxygen atoms in total. The number of amides is 1. The molecule has 4 N–H and O–H groups in total. The monoisotopic (exact) mass is 417 g/mol. The highest BCUT2D eigenvalue weighted by atomic mass is 16.5. The first-order valence-electron chi connectivity index (χ1n) is 10.1. The Morgan fingerprint density at radius 1 is 1.23 bits per heavy atom. The van der Waals surface area contributed by atoms with E-state index in [0.29, 0.717) is 24.6 Å². The molecule has 10 heteroatoms. The molecule has 1 amide bonds. The van der Waals surface area contributed by atoms with Gasteiger partial charge in [-0.15, -0.1) is 0 Å². The Kier molecular flexibility index (Phi) is 6.39. The number of nitrogen functional groups attached to an aromatic ring is 1. The summed E-state index contributed by atoms with van der Waals surface area (Å²) in [5.74, 6) is -0.356. The molecule has 1 saturated heterocycles. The number of aromatic nitrogens is 3. The average Bonchev–Trinajstić information content (AvgIpc) is 2.81. The third-order valence-electron chi connectivity index (χ3n) is 5.02. The van der Waals surface area contributed by atoms with Crippen LogP contribution in [0, 0.1) is 0 Å². The van der Waals surface area contributed by atoms with E-state index in [4.69, 9.17) is 10.5 Å². The van der Waals surface area contributed by atoms with Crippen molar-refractivity contribution in [1.29, 1.82) is 0 Å². The van der Waals surface area contributed by atoms with E-state index in [0.717, 1.165) is 36.4 Å². The van der Waals surface area contributed by atoms with Gasteiger partial charge in [0.25, 0.3) is 5.91 Å². The maximum Gasteiger partial charge on any atom is 0.278 e. The Labute approximate surface area is 181 Å². The van der Waals surface area contributed by atoms with Gasteiger partial charge in [0.2, 0.25) is 0 Å². The minimum absolute atomic E-state index is 0.0736. The summed E-state index contributed by atoms with van der Waals surface area (Å²) in [5.41, 5.74) is 10.1. The van der Waals surface area contributed by atoms with Gasteiger partial charge in [0, 0.05) is 31.4 Å². The topological polar surface area (TPSA) is 118 Å². The van der Waals surface area contributed by atoms with Crippen LogP contribution in [-0.2, 0) is 11.3 Å². The summed E-state index contributed by atoms with van der Waals surface area (Å²) in [7, 11) is 1.89. The zero-order chi connectivity index (χ0) is 21.6. The van der Waals surface area contributed by atoms with Gasteiger partial charge in [0.1, 0.15) is 0 Å². The number of nitrogens with zero attached hydrogens (tertiary/aromatic N) is 4. The molecule has 0 saturated carbocycles. The molecule has 1 fully saturated rings. The summed E-state index contributed by atoms with van der Waals surface area (Å²) in [4.78, 5) is 28.1. The number of carbonyl (C=O) groups is 1. The number of morpholine rings is 1. The van der Waals surface area contributed by atoms with Gasteiger partial charge in [-0.25, -0.2) is 9.97 Å². The number of hydrogen-bond donors (Lipinski definition) is 3. The van der Waals surface area contributed by atoms with Crippen LogP contribution in [0.5, 0.6) is 0 Å². The molecular weight excluding hydrogens is 393 g/mol. The van der Waals surface area contributed by atoms with Crippen molar-refractivity contribution in [2.75, 3.05) is 42.3 Å². The molecular formula is C21H24BN7O2. The molecule has 0 radical (unpaired) electrons. The predicted molar refractivity (Wildman–Crippen MR) is 122 cm³/mol. The van der Waals surface area contributed by atoms with E-state index in [-0.39, 0.29) is 11.5 Å². The minimum Gasteiger partial charge on any atom is -0.382 e. The van der Waals surface area contributed by atoms with Gasteiger partial charge in [-0.2, -0.15) is 0 Å². The lowest BCUT2D eigenvalue weighted by atomic mass is 10.1. The van der Waals surface area contributed by atoms with Crippen molar-refractivity contribution >= 4 is 31.1 Å². The first kappa shape index (κ1) is 20.8. The van der Waals surface area contributed by atoms with Crippen LogP contribution in [0.15, 0.2) is 48.9 Å². The van der Waals surface area contributed by atoms with Crippen molar-refractivity contribution < 1.29 is 9.53 Å². The van der Waals surface area contributed by atoms with Gasteiger partial charge in [0.15, 0.2) is 19.5 Å². The van der Waals surface area contributed by atoms with Crippen molar-refractivity contribution in [3.8, 4) is 11.3 Å². The highest BCUT2D eigenvalue weighted by Gasteiger charge is 2.19. The zero-order valence-corrected chi connectivity index (χ0v) is 17.3. The number of benzene rings is 1. The fourth-order valence-corrected chi connectivity index (χ4v) is 3.49. The predicted octanol–water partition coefficient (Wildman–Crippen LogP) is 0.847. The zero-order valence-electron chi connectivity index (χ0n) is 17.3. The lowest BCUT2D eigenvalue weighted by Gasteiger charge is -2.30. The number of ether oxygens (including phenoxy) is 1. The number of hydrogen-bond acceptors (Lipinski definition) is 8. The van der Waals surface area contributed by atoms with Crippen molar-refractivity contribution in [1.82, 2.24) is 20.2 Å². The van der Waals surface area contributed by atoms with Crippen LogP contribution >= 0.6 is 0 Å². The largest absolute Gasteiger partial charge is 0.382 e. The van der Waals surface area contributed by atoms with Crippen LogP contribution in [-0.4, -0.2) is 55.1 Å². The molecule has 158 valence electrons. The first-order chi connectivity index (χ1) is 15.2. The minimum atomic E-state index is -0.430. The lowest BCUT2D eigenvalue weighted by Crippen LogP contribution is -2.36. The van der Waals surface area contributed by atoms with Gasteiger partial charge in [-0.3, -0.25) is 9.78 Å². The van der Waals surface area contributed by atoms with Gasteiger partial charge in [0.05, 0.1) is 42.7 Å². The van der Waals surface area contributed by atoms with Gasteiger partial charge >= 0.3 is 0 Å². The second kappa shape index (κ2) is 9.54. The molecule has 3 heterocycles. The highest BCUT2D eigenvalue weighted by Crippen LogP contribution is 2.26. The summed E-state index contributed by atoms with van der Waals surface area (Å²) in [6.45, 7) is 3.50. The summed E-state index contributed by atoms with van der Waals surface area (Å²) >= 11 is 0. The van der Waals surface area contributed by atoms with Gasteiger partial charge < -0.3 is 25.9 Å². The summed E-state index contributed by atoms with van der Waals surface area (Å²) in [5, 5.41) is 6.02. The lowest BCUT2D eigenvalue weighted by molar-refractivity contribution is 0.102. The number of rotatable bonds is 6. The molecule has 1 aromatic carbocycles. The molecule has 0 bridgehead atoms. The Morgan fingerprint density at radius 3 is 2.87 bits per heavy atom. The first-order valence-corrected chi connectivity index (χ1v) is 10.1. The van der Waals surface area contributed by atoms with E-state index >= 15 is 0 Å². The van der Waals surface area contributed by atoms with Gasteiger partial charge in [-0.1, -0.05) is 18.2 Å². The number of carbonyl (C=O) groups excluding carboxylic acids is 1. The maximum absolute atomic E-state index is 13.0. The third kappa shape index (κ3) is 4.81. The van der Waals surface area contributed by atoms with E-state index in [1.807, 2.05) is 38.3 Å². The van der Waals surface area contributed by atoms with E-state index in [9.17, 15) is 4.79 Å². The molecule has 0 aliphatic carbocycles. The van der Waals surface area contributed by atoms with E-state index in [1.165, 1.54) is 0 Å². The summed E-state index contributed by atoms with van der Waals surface area (Å²) in [6.07, 6.45) is 4.90. The maximum atomic E-state index is 13.0. The molecule has 4 rings (SSSR count). The fraction of sp³-hybridized carbons (Fsp3) is 0.238. The smallest absolute Gasteiger partial charge is 0.278 e. The van der Waals surface area contributed by atoms with Crippen LogP contribution in [0.2, 0.25) is 0 Å². The molecule has 3 aromatic rings. The molecule has 0 atom stereocenters. The Hall–Kier alpha value is -3.50. The summed E-state index contributed by atoms with van der Waals surface area (Å²) in [6, 6.07) is 9.78. The average molecular weight is 417 g/mol. The van der Waals surface area contributed by atoms with E-state index in [1.54, 1.807) is 18.6 Å². The van der Waals surface area contributed by atoms with Crippen LogP contribution < -0.4 is 21.2 Å². The van der Waals surface area contributed by atoms with Crippen molar-refractivity contribution in [2.24, 2.45) is 0 Å². The number of anilines is 3. The van der Waals surface area contributed by atoms with E-state index in [2.05, 4.69) is 30.4 Å². The van der Waals surface area contributed by atoms with Crippen molar-refractivity contribution in [2.45, 2.75) is 6.54 Å². The SMILES string of the molecule is BNCc1cccc(-c2cnc(N)c(C(=O)Nc3cnccc3N3CCOCC3)n2)c1. The molecule has 0 spiro atoms. The van der Waals surface area contributed by atoms with Crippen molar-refractivity contribution in [3.05, 3.63) is 60.2 Å². The van der Waals surface area contributed by atoms with E-state index < -0.39 is 5.91 Å². The normalized spacial score (nSPS) is 13.7. The number of nitrogens with two attached hydrogens (primary N) is 1. The second-order valence-electron chi connectivity index (χ2n) is 7.17. The standard InChI is InChI=1S/C21H24BN7O2/c22-26-11-14-2-1-3-15(10-14)16-13-25-20(23)19(27-16)21(30)28-17-12-24-5-4-18(17)29-6-8-31-9-7-29/h1-5,10,12-13,26H,6-9,11,22H2,(H2,23,25)(H,28,30). The molecule has 2 aromatic heterocycles. The van der Waals surface area contributed by atoms with Crippen LogP contribution in [0.1, 0.15) is 16.1 Å². The van der Waals surface area contributed by atoms with Crippen molar-refractivity contribution in [3.63, 3.8) is 0 Å². The quantitative estimate of drug-likeness (QED) is 0.506. The molecule has 1 aliphatic rings. The fourth-order valence-electron chi connectivity index (χ4n) is 3.49.